The molecule has 2 atom stereocenters. The number of nitrogens with one attached hydrogen (secondary N) is 1. The van der Waals surface area contributed by atoms with Crippen LogP contribution in [0.15, 0.2) is 15.3 Å². The molecule has 0 radical (unpaired) electrons. The molecule has 1 aliphatic carbocycles. The van der Waals surface area contributed by atoms with Crippen molar-refractivity contribution < 1.29 is 13.2 Å². The predicted molar refractivity (Wildman–Crippen MR) is 114 cm³/mol. The van der Waals surface area contributed by atoms with E-state index in [1.54, 1.807) is 11.5 Å². The van der Waals surface area contributed by atoms with E-state index in [1.807, 2.05) is 6.07 Å². The topological polar surface area (TPSA) is 77.4 Å². The summed E-state index contributed by atoms with van der Waals surface area (Å²) in [6, 6.07) is 1.16. The average molecular weight is 475 g/mol. The molecule has 1 aromatic rings. The van der Waals surface area contributed by atoms with Crippen LogP contribution in [0.25, 0.3) is 0 Å². The lowest BCUT2D eigenvalue weighted by atomic mass is 9.86. The summed E-state index contributed by atoms with van der Waals surface area (Å²) in [5.41, 5.74) is 1.50. The Labute approximate surface area is 176 Å². The summed E-state index contributed by atoms with van der Waals surface area (Å²) in [4.78, 5) is 12.9. The Morgan fingerprint density at radius 1 is 1.25 bits per heavy atom. The molecular formula is C20H31BrN2O4S. The molecule has 158 valence electrons. The van der Waals surface area contributed by atoms with E-state index in [0.717, 1.165) is 28.9 Å². The number of ether oxygens (including phenoxy) is 1. The molecule has 8 heteroatoms. The van der Waals surface area contributed by atoms with E-state index in [4.69, 9.17) is 4.74 Å². The highest BCUT2D eigenvalue weighted by Gasteiger charge is 2.34. The number of rotatable bonds is 6. The largest absolute Gasteiger partial charge is 0.376 e. The Morgan fingerprint density at radius 3 is 2.54 bits per heavy atom. The molecular weight excluding hydrogens is 444 g/mol. The Hall–Kier alpha value is -0.700. The zero-order chi connectivity index (χ0) is 20.5. The van der Waals surface area contributed by atoms with Gasteiger partial charge in [0, 0.05) is 21.8 Å². The molecule has 0 saturated heterocycles. The number of sulfonamides is 1. The highest BCUT2D eigenvalue weighted by molar-refractivity contribution is 9.10. The van der Waals surface area contributed by atoms with Gasteiger partial charge >= 0.3 is 0 Å². The Morgan fingerprint density at radius 2 is 1.93 bits per heavy atom. The summed E-state index contributed by atoms with van der Waals surface area (Å²) in [7, 11) is -3.38. The highest BCUT2D eigenvalue weighted by Crippen LogP contribution is 2.32. The van der Waals surface area contributed by atoms with Gasteiger partial charge in [-0.25, -0.2) is 13.1 Å². The van der Waals surface area contributed by atoms with Crippen molar-refractivity contribution in [3.63, 3.8) is 0 Å². The number of nitrogens with zero attached hydrogens (tertiary/aromatic N) is 1. The van der Waals surface area contributed by atoms with Crippen LogP contribution < -0.4 is 10.3 Å². The summed E-state index contributed by atoms with van der Waals surface area (Å²) < 4.78 is 35.4. The zero-order valence-electron chi connectivity index (χ0n) is 16.9. The number of aromatic nitrogens is 1. The van der Waals surface area contributed by atoms with Crippen molar-refractivity contribution >= 4 is 26.0 Å². The van der Waals surface area contributed by atoms with Crippen LogP contribution in [0.5, 0.6) is 0 Å². The third-order valence-electron chi connectivity index (χ3n) is 6.19. The van der Waals surface area contributed by atoms with Gasteiger partial charge in [0.25, 0.3) is 5.56 Å². The van der Waals surface area contributed by atoms with Crippen molar-refractivity contribution in [2.75, 3.05) is 12.9 Å². The summed E-state index contributed by atoms with van der Waals surface area (Å²) in [5, 5.41) is 0. The summed E-state index contributed by atoms with van der Waals surface area (Å²) in [6.07, 6.45) is 8.29. The number of hydrogen-bond donors (Lipinski definition) is 1. The summed E-state index contributed by atoms with van der Waals surface area (Å²) in [5.74, 6) is 0.788. The Bertz CT molecular complexity index is 860. The maximum Gasteiger partial charge on any atom is 0.254 e. The smallest absolute Gasteiger partial charge is 0.254 e. The van der Waals surface area contributed by atoms with Crippen molar-refractivity contribution in [1.82, 2.24) is 9.29 Å². The molecule has 1 saturated carbocycles. The molecule has 28 heavy (non-hydrogen) atoms. The van der Waals surface area contributed by atoms with Crippen molar-refractivity contribution in [2.45, 2.75) is 77.0 Å². The third-order valence-corrected chi connectivity index (χ3v) is 7.61. The zero-order valence-corrected chi connectivity index (χ0v) is 19.3. The number of pyridine rings is 1. The molecule has 1 aliphatic heterocycles. The van der Waals surface area contributed by atoms with Gasteiger partial charge in [0.15, 0.2) is 0 Å². The van der Waals surface area contributed by atoms with Crippen molar-refractivity contribution in [2.24, 2.45) is 5.92 Å². The van der Waals surface area contributed by atoms with Gasteiger partial charge in [-0.2, -0.15) is 0 Å². The molecule has 1 fully saturated rings. The molecule has 0 spiro atoms. The fourth-order valence-electron chi connectivity index (χ4n) is 4.56. The van der Waals surface area contributed by atoms with Crippen LogP contribution in [0.4, 0.5) is 0 Å². The van der Waals surface area contributed by atoms with Crippen molar-refractivity contribution in [3.8, 4) is 0 Å². The molecule has 2 heterocycles. The summed E-state index contributed by atoms with van der Waals surface area (Å²) in [6.45, 7) is 4.37. The van der Waals surface area contributed by atoms with Crippen LogP contribution in [-0.2, 0) is 21.2 Å². The first kappa shape index (κ1) is 22.0. The monoisotopic (exact) mass is 474 g/mol. The maximum atomic E-state index is 12.9. The minimum absolute atomic E-state index is 0.0681. The lowest BCUT2D eigenvalue weighted by Crippen LogP contribution is -2.50. The number of hydrogen-bond acceptors (Lipinski definition) is 4. The molecule has 0 aromatic carbocycles. The second-order valence-corrected chi connectivity index (χ2v) is 10.9. The van der Waals surface area contributed by atoms with Crippen molar-refractivity contribution in [1.29, 1.82) is 0 Å². The van der Waals surface area contributed by atoms with Crippen molar-refractivity contribution in [3.05, 3.63) is 32.2 Å². The maximum absolute atomic E-state index is 12.9. The van der Waals surface area contributed by atoms with E-state index in [9.17, 15) is 13.2 Å². The second kappa shape index (κ2) is 8.98. The lowest BCUT2D eigenvalue weighted by Gasteiger charge is -2.37. The van der Waals surface area contributed by atoms with Gasteiger partial charge in [0.1, 0.15) is 0 Å². The highest BCUT2D eigenvalue weighted by atomic mass is 79.9. The van der Waals surface area contributed by atoms with Gasteiger partial charge < -0.3 is 9.30 Å². The SMILES string of the molecule is CCC1CCC(OC[C@H]2[C@@H](NS(C)(=O)=O)CCc3c(Br)cc(C)c(=O)n32)CC1. The lowest BCUT2D eigenvalue weighted by molar-refractivity contribution is -0.00699. The van der Waals surface area contributed by atoms with Crippen LogP contribution >= 0.6 is 15.9 Å². The quantitative estimate of drug-likeness (QED) is 0.685. The number of halogens is 1. The van der Waals surface area contributed by atoms with E-state index < -0.39 is 10.0 Å². The molecule has 6 nitrogen and oxygen atoms in total. The van der Waals surface area contributed by atoms with Crippen LogP contribution in [0.2, 0.25) is 0 Å². The van der Waals surface area contributed by atoms with Crippen LogP contribution in [-0.4, -0.2) is 38.0 Å². The van der Waals surface area contributed by atoms with Crippen LogP contribution in [0.3, 0.4) is 0 Å². The fourth-order valence-corrected chi connectivity index (χ4v) is 6.12. The second-order valence-electron chi connectivity index (χ2n) is 8.28. The predicted octanol–water partition coefficient (Wildman–Crippen LogP) is 3.31. The van der Waals surface area contributed by atoms with E-state index in [0.29, 0.717) is 25.0 Å². The fraction of sp³-hybridized carbons (Fsp3) is 0.750. The van der Waals surface area contributed by atoms with Gasteiger partial charge in [-0.3, -0.25) is 4.79 Å². The molecule has 3 rings (SSSR count). The standard InChI is InChI=1S/C20H31BrN2O4S/c1-4-14-5-7-15(8-6-14)27-12-19-17(22-28(3,25)26)9-10-18-16(21)11-13(2)20(24)23(18)19/h11,14-15,17,19,22H,4-10,12H2,1-3H3/t14?,15?,17-,19-/m0/s1. The van der Waals surface area contributed by atoms with Gasteiger partial charge in [0.2, 0.25) is 10.0 Å². The van der Waals surface area contributed by atoms with Gasteiger partial charge in [-0.1, -0.05) is 13.3 Å². The Balaban J connectivity index is 1.85. The number of aryl methyl sites for hydroxylation is 1. The molecule has 0 bridgehead atoms. The molecule has 1 N–H and O–H groups in total. The van der Waals surface area contributed by atoms with Crippen LogP contribution in [0, 0.1) is 12.8 Å². The minimum Gasteiger partial charge on any atom is -0.376 e. The van der Waals surface area contributed by atoms with Gasteiger partial charge in [-0.05, 0) is 73.4 Å². The van der Waals surface area contributed by atoms with E-state index in [-0.39, 0.29) is 23.7 Å². The molecule has 1 aromatic heterocycles. The molecule has 2 aliphatic rings. The van der Waals surface area contributed by atoms with Crippen LogP contribution in [0.1, 0.15) is 62.7 Å². The Kier molecular flexibility index (Phi) is 7.05. The third kappa shape index (κ3) is 5.07. The molecule has 0 unspecified atom stereocenters. The summed E-state index contributed by atoms with van der Waals surface area (Å²) >= 11 is 3.58. The first-order valence-corrected chi connectivity index (χ1v) is 12.9. The first-order chi connectivity index (χ1) is 13.2. The average Bonchev–Trinajstić information content (AvgIpc) is 2.64. The van der Waals surface area contributed by atoms with E-state index in [2.05, 4.69) is 27.6 Å². The van der Waals surface area contributed by atoms with E-state index in [1.165, 1.54) is 25.5 Å². The normalized spacial score (nSPS) is 28.1. The minimum atomic E-state index is -3.38. The number of fused-ring (bicyclic) bond motifs is 1. The van der Waals surface area contributed by atoms with Gasteiger partial charge in [-0.15, -0.1) is 0 Å². The van der Waals surface area contributed by atoms with Gasteiger partial charge in [0.05, 0.1) is 25.0 Å². The molecule has 0 amide bonds. The van der Waals surface area contributed by atoms with E-state index >= 15 is 0 Å². The first-order valence-electron chi connectivity index (χ1n) is 10.2.